The molecule has 0 saturated carbocycles. The van der Waals surface area contributed by atoms with Crippen LogP contribution in [0.2, 0.25) is 0 Å². The van der Waals surface area contributed by atoms with Gasteiger partial charge >= 0.3 is 5.97 Å². The highest BCUT2D eigenvalue weighted by molar-refractivity contribution is 6.00. The molecule has 0 spiro atoms. The van der Waals surface area contributed by atoms with Crippen molar-refractivity contribution in [3.63, 3.8) is 0 Å². The molecule has 0 rings (SSSR count). The molecule has 13 heavy (non-hydrogen) atoms. The lowest BCUT2D eigenvalue weighted by Gasteiger charge is -1.98. The smallest absolute Gasteiger partial charge is 0.318 e. The standard InChI is InChI=1S/C10H15NO2/c1-5-7-10(6-2)8(3)11-13-9(4)12/h5-7H,1-4H3/b7-5+,10-6-,11-8+. The van der Waals surface area contributed by atoms with Crippen molar-refractivity contribution in [3.05, 3.63) is 23.8 Å². The molecule has 3 heteroatoms. The Morgan fingerprint density at radius 2 is 1.92 bits per heavy atom. The fourth-order valence-corrected chi connectivity index (χ4v) is 0.791. The number of carbonyl (C=O) groups excluding carboxylic acids is 1. The fourth-order valence-electron chi connectivity index (χ4n) is 0.791. The van der Waals surface area contributed by atoms with Crippen molar-refractivity contribution in [2.24, 2.45) is 5.16 Å². The summed E-state index contributed by atoms with van der Waals surface area (Å²) >= 11 is 0. The molecule has 0 N–H and O–H groups in total. The van der Waals surface area contributed by atoms with Gasteiger partial charge in [-0.15, -0.1) is 0 Å². The van der Waals surface area contributed by atoms with Crippen LogP contribution in [-0.2, 0) is 9.63 Å². The number of hydrogen-bond donors (Lipinski definition) is 0. The Morgan fingerprint density at radius 3 is 2.31 bits per heavy atom. The van der Waals surface area contributed by atoms with E-state index in [2.05, 4.69) is 9.99 Å². The number of oxime groups is 1. The van der Waals surface area contributed by atoms with Crippen molar-refractivity contribution in [1.82, 2.24) is 0 Å². The summed E-state index contributed by atoms with van der Waals surface area (Å²) in [6.07, 6.45) is 5.72. The molecular weight excluding hydrogens is 166 g/mol. The molecule has 0 unspecified atom stereocenters. The maximum Gasteiger partial charge on any atom is 0.331 e. The minimum atomic E-state index is -0.407. The van der Waals surface area contributed by atoms with Crippen molar-refractivity contribution in [2.75, 3.05) is 0 Å². The summed E-state index contributed by atoms with van der Waals surface area (Å²) < 4.78 is 0. The van der Waals surface area contributed by atoms with Gasteiger partial charge in [-0.05, 0) is 26.3 Å². The first-order valence-electron chi connectivity index (χ1n) is 4.13. The van der Waals surface area contributed by atoms with E-state index >= 15 is 0 Å². The molecule has 0 aliphatic rings. The predicted molar refractivity (Wildman–Crippen MR) is 53.4 cm³/mol. The number of carbonyl (C=O) groups is 1. The zero-order chi connectivity index (χ0) is 10.3. The molecular formula is C10H15NO2. The molecule has 0 fully saturated rings. The average Bonchev–Trinajstić information content (AvgIpc) is 2.10. The molecule has 0 radical (unpaired) electrons. The number of allylic oxidation sites excluding steroid dienone is 4. The SMILES string of the molecule is C/C=C(/C=C/C)C(\C)=N\OC(C)=O. The first kappa shape index (κ1) is 11.6. The van der Waals surface area contributed by atoms with E-state index in [0.717, 1.165) is 5.57 Å². The molecule has 0 aromatic heterocycles. The summed E-state index contributed by atoms with van der Waals surface area (Å²) in [5.74, 6) is -0.407. The summed E-state index contributed by atoms with van der Waals surface area (Å²) in [5, 5.41) is 3.66. The molecule has 0 amide bonds. The van der Waals surface area contributed by atoms with Crippen LogP contribution in [0.1, 0.15) is 27.7 Å². The zero-order valence-electron chi connectivity index (χ0n) is 8.50. The Bertz CT molecular complexity index is 262. The van der Waals surface area contributed by atoms with E-state index in [4.69, 9.17) is 0 Å². The molecule has 0 aromatic carbocycles. The van der Waals surface area contributed by atoms with Crippen LogP contribution < -0.4 is 0 Å². The topological polar surface area (TPSA) is 38.7 Å². The predicted octanol–water partition coefficient (Wildman–Crippen LogP) is 2.45. The van der Waals surface area contributed by atoms with Gasteiger partial charge in [0.2, 0.25) is 0 Å². The highest BCUT2D eigenvalue weighted by atomic mass is 16.7. The molecule has 72 valence electrons. The molecule has 0 aliphatic heterocycles. The summed E-state index contributed by atoms with van der Waals surface area (Å²) in [4.78, 5) is 15.0. The summed E-state index contributed by atoms with van der Waals surface area (Å²) in [6, 6.07) is 0. The molecule has 0 saturated heterocycles. The number of rotatable bonds is 3. The van der Waals surface area contributed by atoms with Gasteiger partial charge in [0, 0.05) is 6.92 Å². The minimum absolute atomic E-state index is 0.407. The van der Waals surface area contributed by atoms with Crippen LogP contribution >= 0.6 is 0 Å². The lowest BCUT2D eigenvalue weighted by molar-refractivity contribution is -0.140. The van der Waals surface area contributed by atoms with Crippen molar-refractivity contribution >= 4 is 11.7 Å². The van der Waals surface area contributed by atoms with Crippen LogP contribution in [0.15, 0.2) is 29.0 Å². The van der Waals surface area contributed by atoms with Crippen LogP contribution in [-0.4, -0.2) is 11.7 Å². The van der Waals surface area contributed by atoms with E-state index in [-0.39, 0.29) is 0 Å². The van der Waals surface area contributed by atoms with Crippen molar-refractivity contribution in [1.29, 1.82) is 0 Å². The largest absolute Gasteiger partial charge is 0.331 e. The highest BCUT2D eigenvalue weighted by Crippen LogP contribution is 2.01. The van der Waals surface area contributed by atoms with E-state index in [0.29, 0.717) is 5.71 Å². The van der Waals surface area contributed by atoms with Crippen molar-refractivity contribution < 1.29 is 9.63 Å². The third-order valence-corrected chi connectivity index (χ3v) is 1.39. The second kappa shape index (κ2) is 6.17. The van der Waals surface area contributed by atoms with E-state index < -0.39 is 5.97 Å². The summed E-state index contributed by atoms with van der Waals surface area (Å²) in [5.41, 5.74) is 1.64. The van der Waals surface area contributed by atoms with Gasteiger partial charge in [-0.1, -0.05) is 23.4 Å². The van der Waals surface area contributed by atoms with Crippen LogP contribution in [0, 0.1) is 0 Å². The Labute approximate surface area is 78.8 Å². The highest BCUT2D eigenvalue weighted by Gasteiger charge is 1.97. The van der Waals surface area contributed by atoms with Gasteiger partial charge in [0.05, 0.1) is 5.71 Å². The zero-order valence-corrected chi connectivity index (χ0v) is 8.50. The quantitative estimate of drug-likeness (QED) is 0.290. The fraction of sp³-hybridized carbons (Fsp3) is 0.400. The Hall–Kier alpha value is -1.38. The first-order valence-corrected chi connectivity index (χ1v) is 4.13. The Balaban J connectivity index is 4.46. The Morgan fingerprint density at radius 1 is 1.31 bits per heavy atom. The molecule has 0 bridgehead atoms. The first-order chi connectivity index (χ1) is 6.11. The lowest BCUT2D eigenvalue weighted by Crippen LogP contribution is -1.99. The van der Waals surface area contributed by atoms with E-state index in [1.807, 2.05) is 32.1 Å². The summed E-state index contributed by atoms with van der Waals surface area (Å²) in [7, 11) is 0. The second-order valence-corrected chi connectivity index (χ2v) is 2.50. The third-order valence-electron chi connectivity index (χ3n) is 1.39. The normalized spacial score (nSPS) is 13.5. The van der Waals surface area contributed by atoms with Crippen LogP contribution in [0.5, 0.6) is 0 Å². The number of hydrogen-bond acceptors (Lipinski definition) is 3. The maximum atomic E-state index is 10.5. The second-order valence-electron chi connectivity index (χ2n) is 2.50. The van der Waals surface area contributed by atoms with Gasteiger partial charge in [0.25, 0.3) is 0 Å². The van der Waals surface area contributed by atoms with Crippen LogP contribution in [0.3, 0.4) is 0 Å². The minimum Gasteiger partial charge on any atom is -0.318 e. The van der Waals surface area contributed by atoms with Crippen molar-refractivity contribution in [3.8, 4) is 0 Å². The molecule has 3 nitrogen and oxygen atoms in total. The van der Waals surface area contributed by atoms with Gasteiger partial charge in [0.1, 0.15) is 0 Å². The van der Waals surface area contributed by atoms with Crippen LogP contribution in [0.25, 0.3) is 0 Å². The van der Waals surface area contributed by atoms with Gasteiger partial charge in [-0.2, -0.15) is 0 Å². The van der Waals surface area contributed by atoms with Gasteiger partial charge in [0.15, 0.2) is 0 Å². The van der Waals surface area contributed by atoms with E-state index in [1.54, 1.807) is 6.92 Å². The lowest BCUT2D eigenvalue weighted by atomic mass is 10.1. The Kier molecular flexibility index (Phi) is 5.52. The monoisotopic (exact) mass is 181 g/mol. The van der Waals surface area contributed by atoms with E-state index in [1.165, 1.54) is 6.92 Å². The van der Waals surface area contributed by atoms with Crippen LogP contribution in [0.4, 0.5) is 0 Å². The van der Waals surface area contributed by atoms with Crippen molar-refractivity contribution in [2.45, 2.75) is 27.7 Å². The molecule has 0 aromatic rings. The number of nitrogens with zero attached hydrogens (tertiary/aromatic N) is 1. The average molecular weight is 181 g/mol. The molecule has 0 atom stereocenters. The summed E-state index contributed by atoms with van der Waals surface area (Å²) in [6.45, 7) is 6.94. The van der Waals surface area contributed by atoms with Gasteiger partial charge < -0.3 is 4.84 Å². The maximum absolute atomic E-state index is 10.5. The van der Waals surface area contributed by atoms with Gasteiger partial charge in [-0.3, -0.25) is 0 Å². The van der Waals surface area contributed by atoms with E-state index in [9.17, 15) is 4.79 Å². The molecule has 0 heterocycles. The third kappa shape index (κ3) is 4.95. The van der Waals surface area contributed by atoms with Gasteiger partial charge in [-0.25, -0.2) is 4.79 Å². The molecule has 0 aliphatic carbocycles.